The second-order valence-electron chi connectivity index (χ2n) is 5.29. The molecule has 1 heterocycles. The van der Waals surface area contributed by atoms with Crippen LogP contribution in [0.25, 0.3) is 0 Å². The molecule has 4 nitrogen and oxygen atoms in total. The number of hydrogen-bond donors (Lipinski definition) is 1. The molecule has 1 aromatic heterocycles. The summed E-state index contributed by atoms with van der Waals surface area (Å²) in [6.07, 6.45) is 3.93. The zero-order chi connectivity index (χ0) is 13.1. The van der Waals surface area contributed by atoms with Gasteiger partial charge in [0.15, 0.2) is 0 Å². The highest BCUT2D eigenvalue weighted by atomic mass is 16.2. The molecule has 0 aromatic carbocycles. The fourth-order valence-corrected chi connectivity index (χ4v) is 1.92. The lowest BCUT2D eigenvalue weighted by Crippen LogP contribution is -2.47. The molecule has 18 heavy (non-hydrogen) atoms. The van der Waals surface area contributed by atoms with Gasteiger partial charge in [0.05, 0.1) is 18.3 Å². The van der Waals surface area contributed by atoms with E-state index in [9.17, 15) is 4.79 Å². The first-order chi connectivity index (χ1) is 8.59. The average molecular weight is 247 g/mol. The lowest BCUT2D eigenvalue weighted by atomic mass is 10.0. The molecule has 0 saturated heterocycles. The summed E-state index contributed by atoms with van der Waals surface area (Å²) >= 11 is 0. The van der Waals surface area contributed by atoms with Gasteiger partial charge in [0.2, 0.25) is 5.91 Å². The highest BCUT2D eigenvalue weighted by Crippen LogP contribution is 2.29. The van der Waals surface area contributed by atoms with E-state index in [4.69, 9.17) is 5.73 Å². The van der Waals surface area contributed by atoms with Crippen molar-refractivity contribution in [1.29, 1.82) is 0 Å². The number of hydrogen-bond acceptors (Lipinski definition) is 3. The molecule has 1 aliphatic carbocycles. The maximum Gasteiger partial charge on any atom is 0.240 e. The van der Waals surface area contributed by atoms with Crippen molar-refractivity contribution in [2.75, 3.05) is 0 Å². The summed E-state index contributed by atoms with van der Waals surface area (Å²) in [5, 5.41) is 0. The molecule has 1 atom stereocenters. The Morgan fingerprint density at radius 3 is 2.72 bits per heavy atom. The topological polar surface area (TPSA) is 59.2 Å². The van der Waals surface area contributed by atoms with Gasteiger partial charge in [-0.05, 0) is 30.9 Å². The average Bonchev–Trinajstić information content (AvgIpc) is 3.19. The zero-order valence-electron chi connectivity index (χ0n) is 11.0. The number of carbonyl (C=O) groups excluding carboxylic acids is 1. The van der Waals surface area contributed by atoms with E-state index in [1.807, 2.05) is 36.9 Å². The Bertz CT molecular complexity index is 401. The van der Waals surface area contributed by atoms with Crippen LogP contribution in [0.2, 0.25) is 0 Å². The summed E-state index contributed by atoms with van der Waals surface area (Å²) < 4.78 is 0. The fraction of sp³-hybridized carbons (Fsp3) is 0.571. The van der Waals surface area contributed by atoms with Crippen molar-refractivity contribution < 1.29 is 4.79 Å². The van der Waals surface area contributed by atoms with Crippen LogP contribution in [0.3, 0.4) is 0 Å². The Morgan fingerprint density at radius 1 is 1.50 bits per heavy atom. The number of carbonyl (C=O) groups is 1. The number of nitrogens with zero attached hydrogens (tertiary/aromatic N) is 2. The lowest BCUT2D eigenvalue weighted by Gasteiger charge is -2.27. The molecule has 4 heteroatoms. The number of nitrogens with two attached hydrogens (primary N) is 1. The standard InChI is InChI=1S/C14H21N3O/c1-10(2)13(15)14(18)17(12-6-7-12)9-11-5-3-4-8-16-11/h3-5,8,10,12-13H,6-7,9,15H2,1-2H3/t13-/m0/s1. The molecule has 1 amide bonds. The Balaban J connectivity index is 2.07. The Hall–Kier alpha value is -1.42. The van der Waals surface area contributed by atoms with Crippen LogP contribution in [-0.2, 0) is 11.3 Å². The van der Waals surface area contributed by atoms with E-state index in [0.29, 0.717) is 12.6 Å². The fourth-order valence-electron chi connectivity index (χ4n) is 1.92. The molecule has 1 aromatic rings. The van der Waals surface area contributed by atoms with Crippen molar-refractivity contribution in [3.8, 4) is 0 Å². The van der Waals surface area contributed by atoms with Crippen LogP contribution in [0.1, 0.15) is 32.4 Å². The third kappa shape index (κ3) is 3.07. The van der Waals surface area contributed by atoms with Gasteiger partial charge in [-0.2, -0.15) is 0 Å². The summed E-state index contributed by atoms with van der Waals surface area (Å²) in [4.78, 5) is 18.5. The summed E-state index contributed by atoms with van der Waals surface area (Å²) in [6, 6.07) is 5.73. The van der Waals surface area contributed by atoms with E-state index < -0.39 is 6.04 Å². The minimum atomic E-state index is -0.408. The quantitative estimate of drug-likeness (QED) is 0.859. The van der Waals surface area contributed by atoms with Crippen LogP contribution in [-0.4, -0.2) is 27.9 Å². The van der Waals surface area contributed by atoms with E-state index in [1.54, 1.807) is 6.20 Å². The maximum absolute atomic E-state index is 12.3. The van der Waals surface area contributed by atoms with Crippen LogP contribution >= 0.6 is 0 Å². The Morgan fingerprint density at radius 2 is 2.22 bits per heavy atom. The van der Waals surface area contributed by atoms with Crippen molar-refractivity contribution in [3.05, 3.63) is 30.1 Å². The van der Waals surface area contributed by atoms with E-state index >= 15 is 0 Å². The maximum atomic E-state index is 12.3. The smallest absolute Gasteiger partial charge is 0.240 e. The van der Waals surface area contributed by atoms with Crippen molar-refractivity contribution in [2.45, 2.75) is 45.3 Å². The van der Waals surface area contributed by atoms with Crippen LogP contribution in [0.4, 0.5) is 0 Å². The van der Waals surface area contributed by atoms with Gasteiger partial charge < -0.3 is 10.6 Å². The van der Waals surface area contributed by atoms with Crippen molar-refractivity contribution in [1.82, 2.24) is 9.88 Å². The van der Waals surface area contributed by atoms with Gasteiger partial charge in [-0.1, -0.05) is 19.9 Å². The van der Waals surface area contributed by atoms with Crippen LogP contribution < -0.4 is 5.73 Å². The van der Waals surface area contributed by atoms with Crippen LogP contribution in [0.5, 0.6) is 0 Å². The molecule has 0 unspecified atom stereocenters. The van der Waals surface area contributed by atoms with Gasteiger partial charge in [0.25, 0.3) is 0 Å². The van der Waals surface area contributed by atoms with Gasteiger partial charge in [0, 0.05) is 12.2 Å². The van der Waals surface area contributed by atoms with E-state index in [2.05, 4.69) is 4.98 Å². The van der Waals surface area contributed by atoms with E-state index in [-0.39, 0.29) is 11.8 Å². The van der Waals surface area contributed by atoms with E-state index in [1.165, 1.54) is 0 Å². The highest BCUT2D eigenvalue weighted by Gasteiger charge is 2.35. The third-order valence-corrected chi connectivity index (χ3v) is 3.33. The number of aromatic nitrogens is 1. The SMILES string of the molecule is CC(C)[C@H](N)C(=O)N(Cc1ccccn1)C1CC1. The van der Waals surface area contributed by atoms with Gasteiger partial charge in [-0.3, -0.25) is 9.78 Å². The minimum absolute atomic E-state index is 0.0538. The molecule has 2 N–H and O–H groups in total. The van der Waals surface area contributed by atoms with Crippen molar-refractivity contribution in [3.63, 3.8) is 0 Å². The summed E-state index contributed by atoms with van der Waals surface area (Å²) in [6.45, 7) is 4.54. The predicted molar refractivity (Wildman–Crippen MR) is 70.6 cm³/mol. The van der Waals surface area contributed by atoms with Gasteiger partial charge in [-0.15, -0.1) is 0 Å². The molecular formula is C14H21N3O. The number of pyridine rings is 1. The zero-order valence-corrected chi connectivity index (χ0v) is 11.0. The first kappa shape index (κ1) is 13.0. The largest absolute Gasteiger partial charge is 0.332 e. The summed E-state index contributed by atoms with van der Waals surface area (Å²) in [7, 11) is 0. The highest BCUT2D eigenvalue weighted by molar-refractivity contribution is 5.82. The predicted octanol–water partition coefficient (Wildman–Crippen LogP) is 1.56. The molecule has 0 radical (unpaired) electrons. The van der Waals surface area contributed by atoms with Gasteiger partial charge in [0.1, 0.15) is 0 Å². The Kier molecular flexibility index (Phi) is 3.97. The molecule has 1 fully saturated rings. The summed E-state index contributed by atoms with van der Waals surface area (Å²) in [5.74, 6) is 0.223. The normalized spacial score (nSPS) is 16.7. The number of rotatable bonds is 5. The van der Waals surface area contributed by atoms with Gasteiger partial charge >= 0.3 is 0 Å². The molecule has 2 rings (SSSR count). The number of amides is 1. The minimum Gasteiger partial charge on any atom is -0.332 e. The molecule has 98 valence electrons. The molecular weight excluding hydrogens is 226 g/mol. The van der Waals surface area contributed by atoms with Gasteiger partial charge in [-0.25, -0.2) is 0 Å². The second-order valence-corrected chi connectivity index (χ2v) is 5.29. The van der Waals surface area contributed by atoms with Crippen LogP contribution in [0, 0.1) is 5.92 Å². The monoisotopic (exact) mass is 247 g/mol. The molecule has 1 saturated carbocycles. The first-order valence-electron chi connectivity index (χ1n) is 6.55. The molecule has 1 aliphatic rings. The van der Waals surface area contributed by atoms with E-state index in [0.717, 1.165) is 18.5 Å². The second kappa shape index (κ2) is 5.48. The lowest BCUT2D eigenvalue weighted by molar-refractivity contribution is -0.134. The third-order valence-electron chi connectivity index (χ3n) is 3.33. The molecule has 0 bridgehead atoms. The van der Waals surface area contributed by atoms with Crippen LogP contribution in [0.15, 0.2) is 24.4 Å². The van der Waals surface area contributed by atoms with Crippen molar-refractivity contribution in [2.24, 2.45) is 11.7 Å². The summed E-state index contributed by atoms with van der Waals surface area (Å²) in [5.41, 5.74) is 6.89. The molecule has 0 aliphatic heterocycles. The Labute approximate surface area is 108 Å². The molecule has 0 spiro atoms. The first-order valence-corrected chi connectivity index (χ1v) is 6.55. The van der Waals surface area contributed by atoms with Crippen molar-refractivity contribution >= 4 is 5.91 Å².